The molecule has 0 radical (unpaired) electrons. The average molecular weight is 329 g/mol. The van der Waals surface area contributed by atoms with Crippen LogP contribution in [0.4, 0.5) is 5.69 Å². The van der Waals surface area contributed by atoms with Crippen molar-refractivity contribution in [2.24, 2.45) is 0 Å². The first kappa shape index (κ1) is 12.9. The number of benzene rings is 2. The Morgan fingerprint density at radius 3 is 2.80 bits per heavy atom. The van der Waals surface area contributed by atoms with Crippen molar-refractivity contribution in [2.75, 3.05) is 5.32 Å². The van der Waals surface area contributed by atoms with E-state index in [2.05, 4.69) is 26.2 Å². The zero-order valence-electron chi connectivity index (χ0n) is 10.9. The molecule has 0 spiro atoms. The fourth-order valence-corrected chi connectivity index (χ4v) is 2.63. The third-order valence-corrected chi connectivity index (χ3v) is 3.75. The maximum atomic E-state index is 12.3. The SMILES string of the molecule is Cc1cc(Br)ccc1NC(=O)c1ccc2[nH]ccc2c1. The van der Waals surface area contributed by atoms with Gasteiger partial charge in [-0.15, -0.1) is 0 Å². The van der Waals surface area contributed by atoms with Gasteiger partial charge in [-0.05, 0) is 55.0 Å². The normalized spacial score (nSPS) is 10.7. The van der Waals surface area contributed by atoms with Gasteiger partial charge >= 0.3 is 0 Å². The molecule has 0 bridgehead atoms. The van der Waals surface area contributed by atoms with Gasteiger partial charge in [-0.3, -0.25) is 4.79 Å². The summed E-state index contributed by atoms with van der Waals surface area (Å²) in [5, 5.41) is 3.97. The smallest absolute Gasteiger partial charge is 0.255 e. The van der Waals surface area contributed by atoms with Gasteiger partial charge in [0.15, 0.2) is 0 Å². The Kier molecular flexibility index (Phi) is 3.32. The number of amides is 1. The third kappa shape index (κ3) is 2.47. The Bertz CT molecular complexity index is 792. The number of aryl methyl sites for hydroxylation is 1. The Balaban J connectivity index is 1.88. The first-order chi connectivity index (χ1) is 9.63. The number of carbonyl (C=O) groups excluding carboxylic acids is 1. The highest BCUT2D eigenvalue weighted by molar-refractivity contribution is 9.10. The van der Waals surface area contributed by atoms with Crippen molar-refractivity contribution in [3.63, 3.8) is 0 Å². The molecule has 3 nitrogen and oxygen atoms in total. The summed E-state index contributed by atoms with van der Waals surface area (Å²) in [4.78, 5) is 15.4. The number of aromatic amines is 1. The first-order valence-electron chi connectivity index (χ1n) is 6.28. The summed E-state index contributed by atoms with van der Waals surface area (Å²) in [5.41, 5.74) is 3.53. The van der Waals surface area contributed by atoms with Gasteiger partial charge in [-0.25, -0.2) is 0 Å². The lowest BCUT2D eigenvalue weighted by Crippen LogP contribution is -2.12. The van der Waals surface area contributed by atoms with Crippen LogP contribution in [0.15, 0.2) is 53.1 Å². The number of fused-ring (bicyclic) bond motifs is 1. The predicted octanol–water partition coefficient (Wildman–Crippen LogP) is 4.49. The molecule has 1 heterocycles. The van der Waals surface area contributed by atoms with Crippen LogP contribution in [-0.4, -0.2) is 10.9 Å². The number of nitrogens with one attached hydrogen (secondary N) is 2. The quantitative estimate of drug-likeness (QED) is 0.715. The molecule has 2 N–H and O–H groups in total. The van der Waals surface area contributed by atoms with Crippen LogP contribution in [0.25, 0.3) is 10.9 Å². The van der Waals surface area contributed by atoms with E-state index in [9.17, 15) is 4.79 Å². The van der Waals surface area contributed by atoms with Gasteiger partial charge in [0.05, 0.1) is 0 Å². The number of rotatable bonds is 2. The van der Waals surface area contributed by atoms with Crippen LogP contribution >= 0.6 is 15.9 Å². The molecule has 1 amide bonds. The van der Waals surface area contributed by atoms with Gasteiger partial charge in [0.1, 0.15) is 0 Å². The summed E-state index contributed by atoms with van der Waals surface area (Å²) in [6.07, 6.45) is 1.87. The molecule has 20 heavy (non-hydrogen) atoms. The number of hydrogen-bond acceptors (Lipinski definition) is 1. The molecule has 3 rings (SSSR count). The fourth-order valence-electron chi connectivity index (χ4n) is 2.16. The van der Waals surface area contributed by atoms with Crippen LogP contribution in [0.5, 0.6) is 0 Å². The third-order valence-electron chi connectivity index (χ3n) is 3.25. The molecule has 0 aliphatic heterocycles. The number of halogens is 1. The molecule has 0 atom stereocenters. The maximum Gasteiger partial charge on any atom is 0.255 e. The fraction of sp³-hybridized carbons (Fsp3) is 0.0625. The van der Waals surface area contributed by atoms with Gasteiger partial charge < -0.3 is 10.3 Å². The minimum absolute atomic E-state index is 0.0986. The van der Waals surface area contributed by atoms with Crippen LogP contribution in [0.3, 0.4) is 0 Å². The largest absolute Gasteiger partial charge is 0.361 e. The van der Waals surface area contributed by atoms with Crippen molar-refractivity contribution in [1.82, 2.24) is 4.98 Å². The first-order valence-corrected chi connectivity index (χ1v) is 7.07. The highest BCUT2D eigenvalue weighted by Crippen LogP contribution is 2.21. The number of H-pyrrole nitrogens is 1. The summed E-state index contributed by atoms with van der Waals surface area (Å²) in [6.45, 7) is 1.97. The molecule has 0 saturated carbocycles. The van der Waals surface area contributed by atoms with Crippen molar-refractivity contribution >= 4 is 38.4 Å². The maximum absolute atomic E-state index is 12.3. The van der Waals surface area contributed by atoms with Crippen LogP contribution in [-0.2, 0) is 0 Å². The summed E-state index contributed by atoms with van der Waals surface area (Å²) in [6, 6.07) is 13.4. The van der Waals surface area contributed by atoms with Gasteiger partial charge in [0, 0.05) is 32.8 Å². The molecule has 2 aromatic carbocycles. The topological polar surface area (TPSA) is 44.9 Å². The second kappa shape index (κ2) is 5.13. The number of carbonyl (C=O) groups is 1. The van der Waals surface area contributed by atoms with Crippen molar-refractivity contribution in [1.29, 1.82) is 0 Å². The van der Waals surface area contributed by atoms with Gasteiger partial charge in [0.2, 0.25) is 0 Å². The van der Waals surface area contributed by atoms with Crippen molar-refractivity contribution < 1.29 is 4.79 Å². The second-order valence-corrected chi connectivity index (χ2v) is 5.61. The van der Waals surface area contributed by atoms with E-state index in [1.54, 1.807) is 0 Å². The van der Waals surface area contributed by atoms with Crippen molar-refractivity contribution in [2.45, 2.75) is 6.92 Å². The summed E-state index contributed by atoms with van der Waals surface area (Å²) < 4.78 is 1.00. The number of aromatic nitrogens is 1. The van der Waals surface area contributed by atoms with E-state index in [0.29, 0.717) is 5.56 Å². The van der Waals surface area contributed by atoms with Crippen molar-refractivity contribution in [3.05, 3.63) is 64.3 Å². The van der Waals surface area contributed by atoms with Gasteiger partial charge in [-0.2, -0.15) is 0 Å². The van der Waals surface area contributed by atoms with E-state index in [1.165, 1.54) is 0 Å². The molecule has 3 aromatic rings. The minimum atomic E-state index is -0.0986. The van der Waals surface area contributed by atoms with Crippen LogP contribution in [0, 0.1) is 6.92 Å². The predicted molar refractivity (Wildman–Crippen MR) is 85.1 cm³/mol. The average Bonchev–Trinajstić information content (AvgIpc) is 2.89. The molecule has 100 valence electrons. The van der Waals surface area contributed by atoms with E-state index in [0.717, 1.165) is 26.6 Å². The highest BCUT2D eigenvalue weighted by Gasteiger charge is 2.08. The molecule has 0 saturated heterocycles. The number of anilines is 1. The Morgan fingerprint density at radius 2 is 2.00 bits per heavy atom. The van der Waals surface area contributed by atoms with E-state index in [-0.39, 0.29) is 5.91 Å². The van der Waals surface area contributed by atoms with Crippen LogP contribution < -0.4 is 5.32 Å². The van der Waals surface area contributed by atoms with Gasteiger partial charge in [-0.1, -0.05) is 15.9 Å². The van der Waals surface area contributed by atoms with Gasteiger partial charge in [0.25, 0.3) is 5.91 Å². The summed E-state index contributed by atoms with van der Waals surface area (Å²) >= 11 is 3.41. The lowest BCUT2D eigenvalue weighted by atomic mass is 10.1. The number of hydrogen-bond donors (Lipinski definition) is 2. The second-order valence-electron chi connectivity index (χ2n) is 4.69. The molecule has 0 aliphatic rings. The molecule has 4 heteroatoms. The molecular weight excluding hydrogens is 316 g/mol. The molecule has 0 aliphatic carbocycles. The zero-order valence-corrected chi connectivity index (χ0v) is 12.5. The summed E-state index contributed by atoms with van der Waals surface area (Å²) in [7, 11) is 0. The lowest BCUT2D eigenvalue weighted by molar-refractivity contribution is 0.102. The minimum Gasteiger partial charge on any atom is -0.361 e. The molecule has 0 fully saturated rings. The molecule has 0 unspecified atom stereocenters. The molecule has 1 aromatic heterocycles. The zero-order chi connectivity index (χ0) is 14.1. The van der Waals surface area contributed by atoms with Crippen molar-refractivity contribution in [3.8, 4) is 0 Å². The Hall–Kier alpha value is -2.07. The van der Waals surface area contributed by atoms with E-state index < -0.39 is 0 Å². The Labute approximate surface area is 125 Å². The monoisotopic (exact) mass is 328 g/mol. The highest BCUT2D eigenvalue weighted by atomic mass is 79.9. The van der Waals surface area contributed by atoms with Crippen LogP contribution in [0.1, 0.15) is 15.9 Å². The van der Waals surface area contributed by atoms with Crippen LogP contribution in [0.2, 0.25) is 0 Å². The van der Waals surface area contributed by atoms with E-state index in [1.807, 2.05) is 55.6 Å². The van der Waals surface area contributed by atoms with E-state index >= 15 is 0 Å². The summed E-state index contributed by atoms with van der Waals surface area (Å²) in [5.74, 6) is -0.0986. The lowest BCUT2D eigenvalue weighted by Gasteiger charge is -2.09. The molecular formula is C16H13BrN2O. The van der Waals surface area contributed by atoms with E-state index in [4.69, 9.17) is 0 Å². The standard InChI is InChI=1S/C16H13BrN2O/c1-10-8-13(17)3-5-14(10)19-16(20)12-2-4-15-11(9-12)6-7-18-15/h2-9,18H,1H3,(H,19,20). The Morgan fingerprint density at radius 1 is 1.15 bits per heavy atom.